The van der Waals surface area contributed by atoms with Crippen LogP contribution in [0.2, 0.25) is 10.0 Å². The van der Waals surface area contributed by atoms with E-state index in [4.69, 9.17) is 27.7 Å². The topological polar surface area (TPSA) is 93.2 Å². The van der Waals surface area contributed by atoms with E-state index in [1.165, 1.54) is 12.1 Å². The van der Waals surface area contributed by atoms with E-state index >= 15 is 0 Å². The van der Waals surface area contributed by atoms with Crippen LogP contribution < -0.4 is 9.84 Å². The molecule has 32 heavy (non-hydrogen) atoms. The zero-order valence-corrected chi connectivity index (χ0v) is 17.3. The molecular formula is C20H11Cl2F3N3O4-. The van der Waals surface area contributed by atoms with Crippen molar-refractivity contribution >= 4 is 40.1 Å². The molecule has 0 N–H and O–H groups in total. The van der Waals surface area contributed by atoms with Gasteiger partial charge in [-0.2, -0.15) is 4.98 Å². The average Bonchev–Trinajstić information content (AvgIpc) is 3.32. The highest BCUT2D eigenvalue weighted by molar-refractivity contribution is 6.35. The number of fused-ring (bicyclic) bond motifs is 1. The molecule has 4 rings (SSSR count). The van der Waals surface area contributed by atoms with E-state index in [0.29, 0.717) is 21.5 Å². The first-order valence-electron chi connectivity index (χ1n) is 8.99. The van der Waals surface area contributed by atoms with Crippen molar-refractivity contribution in [3.63, 3.8) is 0 Å². The summed E-state index contributed by atoms with van der Waals surface area (Å²) in [5.41, 5.74) is 1.58. The van der Waals surface area contributed by atoms with Gasteiger partial charge < -0.3 is 23.7 Å². The number of benzene rings is 2. The van der Waals surface area contributed by atoms with Crippen molar-refractivity contribution in [3.8, 4) is 28.6 Å². The van der Waals surface area contributed by atoms with Crippen LogP contribution in [0.4, 0.5) is 13.2 Å². The number of ether oxygens (including phenoxy) is 1. The number of alkyl halides is 3. The van der Waals surface area contributed by atoms with Gasteiger partial charge in [-0.15, -0.1) is 13.2 Å². The largest absolute Gasteiger partial charge is 0.573 e. The number of carboxylic acids is 1. The van der Waals surface area contributed by atoms with E-state index in [0.717, 1.165) is 11.6 Å². The van der Waals surface area contributed by atoms with Crippen molar-refractivity contribution < 1.29 is 32.3 Å². The van der Waals surface area contributed by atoms with Crippen molar-refractivity contribution in [2.75, 3.05) is 0 Å². The van der Waals surface area contributed by atoms with Gasteiger partial charge in [-0.05, 0) is 36.4 Å². The molecule has 2 aromatic carbocycles. The second-order valence-electron chi connectivity index (χ2n) is 6.64. The van der Waals surface area contributed by atoms with Crippen LogP contribution in [0.15, 0.2) is 47.1 Å². The molecule has 0 atom stereocenters. The molecule has 7 nitrogen and oxygen atoms in total. The molecule has 0 radical (unpaired) electrons. The summed E-state index contributed by atoms with van der Waals surface area (Å²) in [5.74, 6) is -1.46. The Labute approximate surface area is 187 Å². The average molecular weight is 485 g/mol. The number of nitrogens with zero attached hydrogens (tertiary/aromatic N) is 3. The summed E-state index contributed by atoms with van der Waals surface area (Å²) in [6, 6.07) is 8.74. The van der Waals surface area contributed by atoms with Crippen LogP contribution in [0.3, 0.4) is 0 Å². The van der Waals surface area contributed by atoms with E-state index in [2.05, 4.69) is 14.9 Å². The molecule has 0 bridgehead atoms. The SMILES string of the molecule is O=C([O-])CCn1cc(Cl)c2cc(-c3noc(-c4ccc(OC(F)(F)F)c(Cl)c4)n3)ccc21. The number of hydrogen-bond donors (Lipinski definition) is 0. The van der Waals surface area contributed by atoms with Crippen LogP contribution in [-0.2, 0) is 11.3 Å². The molecule has 0 aliphatic rings. The third-order valence-electron chi connectivity index (χ3n) is 4.48. The Morgan fingerprint density at radius 2 is 1.88 bits per heavy atom. The summed E-state index contributed by atoms with van der Waals surface area (Å²) in [6.45, 7) is 0.200. The zero-order valence-electron chi connectivity index (χ0n) is 15.8. The molecule has 0 aliphatic carbocycles. The quantitative estimate of drug-likeness (QED) is 0.393. The summed E-state index contributed by atoms with van der Waals surface area (Å²) in [4.78, 5) is 15.0. The van der Waals surface area contributed by atoms with Gasteiger partial charge in [-0.3, -0.25) is 0 Å². The summed E-state index contributed by atoms with van der Waals surface area (Å²) in [6.07, 6.45) is -3.41. The number of aromatic nitrogens is 3. The van der Waals surface area contributed by atoms with E-state index in [9.17, 15) is 23.1 Å². The number of hydrogen-bond acceptors (Lipinski definition) is 6. The molecule has 0 aliphatic heterocycles. The van der Waals surface area contributed by atoms with E-state index in [-0.39, 0.29) is 29.7 Å². The fraction of sp³-hybridized carbons (Fsp3) is 0.150. The third-order valence-corrected chi connectivity index (χ3v) is 5.07. The van der Waals surface area contributed by atoms with Crippen LogP contribution in [0.5, 0.6) is 5.75 Å². The van der Waals surface area contributed by atoms with E-state index in [1.54, 1.807) is 29.0 Å². The van der Waals surface area contributed by atoms with Gasteiger partial charge in [0, 0.05) is 47.2 Å². The van der Waals surface area contributed by atoms with Gasteiger partial charge in [0.05, 0.1) is 10.0 Å². The van der Waals surface area contributed by atoms with Gasteiger partial charge in [0.15, 0.2) is 0 Å². The lowest BCUT2D eigenvalue weighted by molar-refractivity contribution is -0.305. The number of halogens is 5. The van der Waals surface area contributed by atoms with Crippen molar-refractivity contribution in [1.29, 1.82) is 0 Å². The smallest absolute Gasteiger partial charge is 0.550 e. The first-order chi connectivity index (χ1) is 15.1. The predicted octanol–water partition coefficient (Wildman–Crippen LogP) is 4.70. The Balaban J connectivity index is 1.61. The molecule has 0 fully saturated rings. The number of carboxylic acid groups (broad SMARTS) is 1. The van der Waals surface area contributed by atoms with Crippen LogP contribution in [0.1, 0.15) is 6.42 Å². The van der Waals surface area contributed by atoms with Gasteiger partial charge in [-0.1, -0.05) is 28.4 Å². The molecule has 2 aromatic heterocycles. The lowest BCUT2D eigenvalue weighted by Crippen LogP contribution is -2.23. The Kier molecular flexibility index (Phi) is 5.74. The fourth-order valence-corrected chi connectivity index (χ4v) is 3.58. The molecule has 166 valence electrons. The summed E-state index contributed by atoms with van der Waals surface area (Å²) < 4.78 is 47.9. The summed E-state index contributed by atoms with van der Waals surface area (Å²) in [7, 11) is 0. The Morgan fingerprint density at radius 3 is 2.56 bits per heavy atom. The maximum Gasteiger partial charge on any atom is 0.573 e. The monoisotopic (exact) mass is 484 g/mol. The highest BCUT2D eigenvalue weighted by Gasteiger charge is 2.32. The van der Waals surface area contributed by atoms with Gasteiger partial charge in [-0.25, -0.2) is 0 Å². The van der Waals surface area contributed by atoms with Crippen molar-refractivity contribution in [2.45, 2.75) is 19.3 Å². The third kappa shape index (κ3) is 4.66. The van der Waals surface area contributed by atoms with Crippen molar-refractivity contribution in [1.82, 2.24) is 14.7 Å². The lowest BCUT2D eigenvalue weighted by Gasteiger charge is -2.10. The summed E-state index contributed by atoms with van der Waals surface area (Å²) >= 11 is 12.1. The van der Waals surface area contributed by atoms with E-state index in [1.807, 2.05) is 0 Å². The Morgan fingerprint density at radius 1 is 1.12 bits per heavy atom. The van der Waals surface area contributed by atoms with Gasteiger partial charge in [0.25, 0.3) is 5.89 Å². The predicted molar refractivity (Wildman–Crippen MR) is 107 cm³/mol. The number of carbonyl (C=O) groups excluding carboxylic acids is 1. The molecule has 0 spiro atoms. The fourth-order valence-electron chi connectivity index (χ4n) is 3.09. The van der Waals surface area contributed by atoms with Crippen LogP contribution in [0.25, 0.3) is 33.7 Å². The second kappa shape index (κ2) is 8.36. The molecule has 2 heterocycles. The maximum absolute atomic E-state index is 12.4. The van der Waals surface area contributed by atoms with Crippen molar-refractivity contribution in [2.24, 2.45) is 0 Å². The second-order valence-corrected chi connectivity index (χ2v) is 7.45. The Bertz CT molecular complexity index is 1320. The molecule has 12 heteroatoms. The first-order valence-corrected chi connectivity index (χ1v) is 9.74. The number of aliphatic carboxylic acids is 1. The number of carbonyl (C=O) groups is 1. The molecule has 0 amide bonds. The lowest BCUT2D eigenvalue weighted by atomic mass is 10.1. The zero-order chi connectivity index (χ0) is 23.0. The maximum atomic E-state index is 12.4. The van der Waals surface area contributed by atoms with Crippen LogP contribution in [0, 0.1) is 0 Å². The minimum Gasteiger partial charge on any atom is -0.550 e. The first kappa shape index (κ1) is 22.0. The van der Waals surface area contributed by atoms with Crippen LogP contribution >= 0.6 is 23.2 Å². The highest BCUT2D eigenvalue weighted by Crippen LogP contribution is 2.34. The minimum atomic E-state index is -4.87. The molecular weight excluding hydrogens is 474 g/mol. The molecule has 0 saturated heterocycles. The van der Waals surface area contributed by atoms with Crippen molar-refractivity contribution in [3.05, 3.63) is 52.6 Å². The number of aryl methyl sites for hydroxylation is 1. The van der Waals surface area contributed by atoms with Gasteiger partial charge in [0.2, 0.25) is 5.82 Å². The number of rotatable bonds is 6. The highest BCUT2D eigenvalue weighted by atomic mass is 35.5. The van der Waals surface area contributed by atoms with Gasteiger partial charge >= 0.3 is 6.36 Å². The minimum absolute atomic E-state index is 0.0400. The standard InChI is InChI=1S/C20H12Cl2F3N3O4/c21-13-8-11(2-4-16(13)31-20(23,24)25)19-26-18(27-32-19)10-1-3-15-12(7-10)14(22)9-28(15)6-5-17(29)30/h1-4,7-9H,5-6H2,(H,29,30)/p-1. The summed E-state index contributed by atoms with van der Waals surface area (Å²) in [5, 5.41) is 15.4. The van der Waals surface area contributed by atoms with Crippen LogP contribution in [-0.4, -0.2) is 27.0 Å². The van der Waals surface area contributed by atoms with E-state index < -0.39 is 18.1 Å². The Hall–Kier alpha value is -3.24. The normalized spacial score (nSPS) is 11.8. The molecule has 0 saturated carbocycles. The molecule has 4 aromatic rings. The molecule has 0 unspecified atom stereocenters. The van der Waals surface area contributed by atoms with Gasteiger partial charge in [0.1, 0.15) is 5.75 Å².